The van der Waals surface area contributed by atoms with Crippen LogP contribution in [0.2, 0.25) is 0 Å². The van der Waals surface area contributed by atoms with E-state index in [4.69, 9.17) is 0 Å². The van der Waals surface area contributed by atoms with Gasteiger partial charge < -0.3 is 5.32 Å². The Hall–Kier alpha value is -0.830. The summed E-state index contributed by atoms with van der Waals surface area (Å²) in [4.78, 5) is 0. The lowest BCUT2D eigenvalue weighted by Gasteiger charge is -2.18. The molecular formula is C11H19N3. The topological polar surface area (TPSA) is 29.9 Å². The van der Waals surface area contributed by atoms with E-state index in [1.807, 2.05) is 17.9 Å². The third-order valence-corrected chi connectivity index (χ3v) is 3.07. The van der Waals surface area contributed by atoms with Crippen molar-refractivity contribution in [3.05, 3.63) is 18.0 Å². The Morgan fingerprint density at radius 2 is 2.21 bits per heavy atom. The van der Waals surface area contributed by atoms with Gasteiger partial charge in [-0.1, -0.05) is 0 Å². The smallest absolute Gasteiger partial charge is 0.0537 e. The first-order chi connectivity index (χ1) is 6.66. The van der Waals surface area contributed by atoms with Crippen molar-refractivity contribution in [2.75, 3.05) is 0 Å². The van der Waals surface area contributed by atoms with Crippen LogP contribution in [0.1, 0.15) is 38.3 Å². The van der Waals surface area contributed by atoms with Crippen LogP contribution in [0.4, 0.5) is 0 Å². The number of nitrogens with zero attached hydrogens (tertiary/aromatic N) is 2. The molecule has 3 heteroatoms. The molecule has 0 spiro atoms. The lowest BCUT2D eigenvalue weighted by Crippen LogP contribution is -2.30. The van der Waals surface area contributed by atoms with E-state index in [1.165, 1.54) is 18.4 Å². The van der Waals surface area contributed by atoms with Gasteiger partial charge in [0, 0.05) is 30.9 Å². The maximum Gasteiger partial charge on any atom is 0.0537 e. The van der Waals surface area contributed by atoms with Crippen LogP contribution in [0.3, 0.4) is 0 Å². The molecular weight excluding hydrogens is 174 g/mol. The van der Waals surface area contributed by atoms with E-state index in [0.717, 1.165) is 5.92 Å². The summed E-state index contributed by atoms with van der Waals surface area (Å²) in [7, 11) is 1.96. The van der Waals surface area contributed by atoms with Gasteiger partial charge in [-0.2, -0.15) is 5.10 Å². The summed E-state index contributed by atoms with van der Waals surface area (Å²) in [5, 5.41) is 7.80. The second-order valence-corrected chi connectivity index (χ2v) is 4.46. The van der Waals surface area contributed by atoms with Crippen LogP contribution in [0.25, 0.3) is 0 Å². The highest BCUT2D eigenvalue weighted by atomic mass is 15.2. The van der Waals surface area contributed by atoms with Gasteiger partial charge in [0.2, 0.25) is 0 Å². The molecule has 14 heavy (non-hydrogen) atoms. The minimum Gasteiger partial charge on any atom is -0.307 e. The summed E-state index contributed by atoms with van der Waals surface area (Å²) in [6.07, 6.45) is 6.82. The van der Waals surface area contributed by atoms with Crippen LogP contribution >= 0.6 is 0 Å². The summed E-state index contributed by atoms with van der Waals surface area (Å²) >= 11 is 0. The van der Waals surface area contributed by atoms with Gasteiger partial charge in [0.15, 0.2) is 0 Å². The fourth-order valence-corrected chi connectivity index (χ4v) is 1.89. The molecule has 1 aliphatic rings. The van der Waals surface area contributed by atoms with E-state index in [9.17, 15) is 0 Å². The summed E-state index contributed by atoms with van der Waals surface area (Å²) in [5.74, 6) is 0.911. The van der Waals surface area contributed by atoms with Gasteiger partial charge in [-0.05, 0) is 32.6 Å². The van der Waals surface area contributed by atoms with Crippen LogP contribution < -0.4 is 5.32 Å². The van der Waals surface area contributed by atoms with Crippen LogP contribution in [0.5, 0.6) is 0 Å². The van der Waals surface area contributed by atoms with Crippen molar-refractivity contribution in [2.45, 2.75) is 38.8 Å². The van der Waals surface area contributed by atoms with Gasteiger partial charge in [-0.3, -0.25) is 4.68 Å². The number of hydrogen-bond donors (Lipinski definition) is 1. The van der Waals surface area contributed by atoms with Gasteiger partial charge in [0.05, 0.1) is 6.20 Å². The van der Waals surface area contributed by atoms with Crippen molar-refractivity contribution in [2.24, 2.45) is 13.0 Å². The van der Waals surface area contributed by atoms with E-state index in [0.29, 0.717) is 12.1 Å². The lowest BCUT2D eigenvalue weighted by molar-refractivity contribution is 0.441. The molecule has 1 fully saturated rings. The molecule has 0 amide bonds. The highest BCUT2D eigenvalue weighted by Crippen LogP contribution is 2.33. The summed E-state index contributed by atoms with van der Waals surface area (Å²) in [6, 6.07) is 1.06. The molecule has 0 radical (unpaired) electrons. The molecule has 1 aromatic rings. The molecule has 0 aromatic carbocycles. The zero-order valence-corrected chi connectivity index (χ0v) is 9.20. The SMILES string of the molecule is CC(NC(C)C1CC1)c1cnn(C)c1. The molecule has 1 aromatic heterocycles. The quantitative estimate of drug-likeness (QED) is 0.791. The normalized spacial score (nSPS) is 20.8. The van der Waals surface area contributed by atoms with Crippen molar-refractivity contribution >= 4 is 0 Å². The minimum atomic E-state index is 0.416. The Bertz CT molecular complexity index is 301. The van der Waals surface area contributed by atoms with Crippen LogP contribution in [-0.2, 0) is 7.05 Å². The molecule has 3 nitrogen and oxygen atoms in total. The molecule has 1 N–H and O–H groups in total. The monoisotopic (exact) mass is 193 g/mol. The summed E-state index contributed by atoms with van der Waals surface area (Å²) < 4.78 is 1.86. The molecule has 0 aliphatic heterocycles. The number of aryl methyl sites for hydroxylation is 1. The maximum atomic E-state index is 4.18. The van der Waals surface area contributed by atoms with Gasteiger partial charge in [-0.15, -0.1) is 0 Å². The van der Waals surface area contributed by atoms with Crippen molar-refractivity contribution < 1.29 is 0 Å². The predicted octanol–water partition coefficient (Wildman–Crippen LogP) is 1.87. The zero-order chi connectivity index (χ0) is 10.1. The first kappa shape index (κ1) is 9.71. The average molecular weight is 193 g/mol. The lowest BCUT2D eigenvalue weighted by atomic mass is 10.1. The third kappa shape index (κ3) is 2.15. The van der Waals surface area contributed by atoms with Gasteiger partial charge >= 0.3 is 0 Å². The Kier molecular flexibility index (Phi) is 2.59. The Morgan fingerprint density at radius 1 is 1.50 bits per heavy atom. The molecule has 78 valence electrons. The molecule has 0 bridgehead atoms. The van der Waals surface area contributed by atoms with E-state index >= 15 is 0 Å². The Balaban J connectivity index is 1.91. The van der Waals surface area contributed by atoms with Crippen LogP contribution in [-0.4, -0.2) is 15.8 Å². The minimum absolute atomic E-state index is 0.416. The summed E-state index contributed by atoms with van der Waals surface area (Å²) in [6.45, 7) is 4.49. The number of rotatable bonds is 4. The highest BCUT2D eigenvalue weighted by Gasteiger charge is 2.28. The van der Waals surface area contributed by atoms with Gasteiger partial charge in [0.1, 0.15) is 0 Å². The molecule has 0 saturated heterocycles. The molecule has 1 heterocycles. The predicted molar refractivity (Wildman–Crippen MR) is 56.9 cm³/mol. The number of nitrogens with one attached hydrogen (secondary N) is 1. The fraction of sp³-hybridized carbons (Fsp3) is 0.727. The largest absolute Gasteiger partial charge is 0.307 e. The fourth-order valence-electron chi connectivity index (χ4n) is 1.89. The second kappa shape index (κ2) is 3.73. The molecule has 2 unspecified atom stereocenters. The first-order valence-corrected chi connectivity index (χ1v) is 5.41. The summed E-state index contributed by atoms with van der Waals surface area (Å²) in [5.41, 5.74) is 1.28. The van der Waals surface area contributed by atoms with E-state index in [-0.39, 0.29) is 0 Å². The zero-order valence-electron chi connectivity index (χ0n) is 9.20. The molecule has 2 rings (SSSR count). The highest BCUT2D eigenvalue weighted by molar-refractivity contribution is 5.09. The Labute approximate surface area is 85.5 Å². The van der Waals surface area contributed by atoms with E-state index in [2.05, 4.69) is 30.5 Å². The molecule has 2 atom stereocenters. The van der Waals surface area contributed by atoms with Gasteiger partial charge in [-0.25, -0.2) is 0 Å². The molecule has 1 aliphatic carbocycles. The molecule has 1 saturated carbocycles. The first-order valence-electron chi connectivity index (χ1n) is 5.41. The van der Waals surface area contributed by atoms with Gasteiger partial charge in [0.25, 0.3) is 0 Å². The average Bonchev–Trinajstić information content (AvgIpc) is 2.89. The third-order valence-electron chi connectivity index (χ3n) is 3.07. The Morgan fingerprint density at radius 3 is 2.71 bits per heavy atom. The van der Waals surface area contributed by atoms with Crippen molar-refractivity contribution in [1.29, 1.82) is 0 Å². The van der Waals surface area contributed by atoms with Crippen molar-refractivity contribution in [3.8, 4) is 0 Å². The van der Waals surface area contributed by atoms with Crippen LogP contribution in [0, 0.1) is 5.92 Å². The number of aromatic nitrogens is 2. The number of hydrogen-bond acceptors (Lipinski definition) is 2. The second-order valence-electron chi connectivity index (χ2n) is 4.46. The standard InChI is InChI=1S/C11H19N3/c1-8(10-4-5-10)13-9(2)11-6-12-14(3)7-11/h6-10,13H,4-5H2,1-3H3. The van der Waals surface area contributed by atoms with Crippen molar-refractivity contribution in [3.63, 3.8) is 0 Å². The van der Waals surface area contributed by atoms with Crippen molar-refractivity contribution in [1.82, 2.24) is 15.1 Å². The maximum absolute atomic E-state index is 4.18. The van der Waals surface area contributed by atoms with Crippen LogP contribution in [0.15, 0.2) is 12.4 Å². The van der Waals surface area contributed by atoms with E-state index in [1.54, 1.807) is 0 Å². The van der Waals surface area contributed by atoms with E-state index < -0.39 is 0 Å².